The summed E-state index contributed by atoms with van der Waals surface area (Å²) >= 11 is 0. The fraction of sp³-hybridized carbons (Fsp3) is 0.500. The van der Waals surface area contributed by atoms with Crippen LogP contribution in [0.5, 0.6) is 0 Å². The summed E-state index contributed by atoms with van der Waals surface area (Å²) in [6, 6.07) is 0. The molecule has 3 rings (SSSR count). The lowest BCUT2D eigenvalue weighted by molar-refractivity contribution is 0.142. The van der Waals surface area contributed by atoms with E-state index in [1.807, 2.05) is 6.20 Å². The highest BCUT2D eigenvalue weighted by molar-refractivity contribution is 5.89. The first-order chi connectivity index (χ1) is 10.5. The van der Waals surface area contributed by atoms with Gasteiger partial charge in [0, 0.05) is 43.3 Å². The predicted molar refractivity (Wildman–Crippen MR) is 86.7 cm³/mol. The fourth-order valence-electron chi connectivity index (χ4n) is 3.19. The molecule has 1 fully saturated rings. The number of fused-ring (bicyclic) bond motifs is 1. The summed E-state index contributed by atoms with van der Waals surface area (Å²) < 4.78 is 0. The minimum absolute atomic E-state index is 0.451. The minimum Gasteiger partial charge on any atom is -0.465 e. The van der Waals surface area contributed by atoms with Crippen molar-refractivity contribution in [1.82, 2.24) is 14.9 Å². The van der Waals surface area contributed by atoms with Crippen molar-refractivity contribution in [2.45, 2.75) is 26.7 Å². The van der Waals surface area contributed by atoms with E-state index in [9.17, 15) is 4.79 Å². The molecule has 2 aromatic rings. The number of piperazine rings is 1. The van der Waals surface area contributed by atoms with E-state index in [1.165, 1.54) is 21.4 Å². The number of amides is 1. The molecular weight excluding hydrogens is 280 g/mol. The molecule has 2 aromatic heterocycles. The van der Waals surface area contributed by atoms with E-state index in [-0.39, 0.29) is 0 Å². The minimum atomic E-state index is -0.840. The largest absolute Gasteiger partial charge is 0.465 e. The standard InChI is InChI=1S/C16H22N4O2/c1-10(2)12-8-17-13-9-18-15(11(3)14(12)13)19-4-6-20(7-5-19)16(21)22/h8-10,17H,4-7H2,1-3H3,(H,21,22). The Hall–Kier alpha value is -2.24. The lowest BCUT2D eigenvalue weighted by Crippen LogP contribution is -2.48. The maximum Gasteiger partial charge on any atom is 0.407 e. The molecule has 1 aliphatic heterocycles. The molecule has 0 bridgehead atoms. The molecule has 0 saturated carbocycles. The summed E-state index contributed by atoms with van der Waals surface area (Å²) in [5.74, 6) is 1.42. The molecule has 2 N–H and O–H groups in total. The van der Waals surface area contributed by atoms with Crippen molar-refractivity contribution in [2.75, 3.05) is 31.1 Å². The van der Waals surface area contributed by atoms with Gasteiger partial charge in [-0.1, -0.05) is 13.8 Å². The average Bonchev–Trinajstić information content (AvgIpc) is 2.93. The number of H-pyrrole nitrogens is 1. The molecule has 6 nitrogen and oxygen atoms in total. The van der Waals surface area contributed by atoms with Crippen LogP contribution < -0.4 is 4.90 Å². The Morgan fingerprint density at radius 3 is 2.59 bits per heavy atom. The van der Waals surface area contributed by atoms with Gasteiger partial charge in [-0.25, -0.2) is 9.78 Å². The van der Waals surface area contributed by atoms with Crippen molar-refractivity contribution in [2.24, 2.45) is 0 Å². The smallest absolute Gasteiger partial charge is 0.407 e. The van der Waals surface area contributed by atoms with Crippen LogP contribution in [0, 0.1) is 6.92 Å². The van der Waals surface area contributed by atoms with Crippen LogP contribution >= 0.6 is 0 Å². The van der Waals surface area contributed by atoms with Gasteiger partial charge in [-0.05, 0) is 18.4 Å². The monoisotopic (exact) mass is 302 g/mol. The molecule has 6 heteroatoms. The van der Waals surface area contributed by atoms with E-state index in [1.54, 1.807) is 0 Å². The molecule has 118 valence electrons. The molecule has 0 radical (unpaired) electrons. The number of hydrogen-bond donors (Lipinski definition) is 2. The average molecular weight is 302 g/mol. The van der Waals surface area contributed by atoms with E-state index in [0.29, 0.717) is 32.1 Å². The highest BCUT2D eigenvalue weighted by Crippen LogP contribution is 2.32. The van der Waals surface area contributed by atoms with Crippen LogP contribution in [-0.2, 0) is 0 Å². The van der Waals surface area contributed by atoms with Crippen molar-refractivity contribution in [3.8, 4) is 0 Å². The van der Waals surface area contributed by atoms with Gasteiger partial charge >= 0.3 is 6.09 Å². The van der Waals surface area contributed by atoms with Gasteiger partial charge in [-0.15, -0.1) is 0 Å². The third kappa shape index (κ3) is 2.38. The molecule has 1 saturated heterocycles. The molecule has 0 aromatic carbocycles. The van der Waals surface area contributed by atoms with Gasteiger partial charge in [0.25, 0.3) is 0 Å². The Kier molecular flexibility index (Phi) is 3.68. The summed E-state index contributed by atoms with van der Waals surface area (Å²) in [5.41, 5.74) is 3.54. The molecule has 1 aliphatic rings. The molecule has 0 unspecified atom stereocenters. The first kappa shape index (κ1) is 14.7. The normalized spacial score (nSPS) is 15.8. The zero-order valence-corrected chi connectivity index (χ0v) is 13.3. The molecule has 0 atom stereocenters. The van der Waals surface area contributed by atoms with Gasteiger partial charge in [-0.3, -0.25) is 0 Å². The Bertz CT molecular complexity index is 699. The number of carboxylic acid groups (broad SMARTS) is 1. The highest BCUT2D eigenvalue weighted by Gasteiger charge is 2.23. The van der Waals surface area contributed by atoms with E-state index >= 15 is 0 Å². The van der Waals surface area contributed by atoms with Gasteiger partial charge in [0.2, 0.25) is 0 Å². The van der Waals surface area contributed by atoms with Crippen LogP contribution in [0.25, 0.3) is 10.9 Å². The van der Waals surface area contributed by atoms with Crippen molar-refractivity contribution in [1.29, 1.82) is 0 Å². The number of carbonyl (C=O) groups is 1. The van der Waals surface area contributed by atoms with E-state index in [0.717, 1.165) is 11.3 Å². The molecule has 1 amide bonds. The lowest BCUT2D eigenvalue weighted by atomic mass is 10.00. The van der Waals surface area contributed by atoms with E-state index in [4.69, 9.17) is 5.11 Å². The van der Waals surface area contributed by atoms with Gasteiger partial charge in [-0.2, -0.15) is 0 Å². The van der Waals surface area contributed by atoms with Crippen LogP contribution in [0.4, 0.5) is 10.6 Å². The van der Waals surface area contributed by atoms with E-state index < -0.39 is 6.09 Å². The quantitative estimate of drug-likeness (QED) is 0.894. The SMILES string of the molecule is Cc1c(N2CCN(C(=O)O)CC2)ncc2[nH]cc(C(C)C)c12. The van der Waals surface area contributed by atoms with Crippen molar-refractivity contribution < 1.29 is 9.90 Å². The topological polar surface area (TPSA) is 72.5 Å². The zero-order chi connectivity index (χ0) is 15.9. The summed E-state index contributed by atoms with van der Waals surface area (Å²) in [6.07, 6.45) is 3.11. The van der Waals surface area contributed by atoms with Crippen molar-refractivity contribution >= 4 is 22.8 Å². The van der Waals surface area contributed by atoms with Crippen LogP contribution in [0.3, 0.4) is 0 Å². The third-order valence-electron chi connectivity index (χ3n) is 4.44. The number of nitrogens with zero attached hydrogens (tertiary/aromatic N) is 3. The number of aryl methyl sites for hydroxylation is 1. The molecular formula is C16H22N4O2. The Balaban J connectivity index is 1.93. The number of aromatic nitrogens is 2. The fourth-order valence-corrected chi connectivity index (χ4v) is 3.19. The predicted octanol–water partition coefficient (Wildman–Crippen LogP) is 2.79. The van der Waals surface area contributed by atoms with Gasteiger partial charge in [0.1, 0.15) is 5.82 Å². The summed E-state index contributed by atoms with van der Waals surface area (Å²) in [7, 11) is 0. The number of pyridine rings is 1. The second-order valence-corrected chi connectivity index (χ2v) is 6.15. The summed E-state index contributed by atoms with van der Waals surface area (Å²) in [5, 5.41) is 10.3. The van der Waals surface area contributed by atoms with Crippen LogP contribution in [0.15, 0.2) is 12.4 Å². The Labute approximate surface area is 129 Å². The molecule has 0 aliphatic carbocycles. The summed E-state index contributed by atoms with van der Waals surface area (Å²) in [4.78, 5) is 22.6. The molecule has 0 spiro atoms. The lowest BCUT2D eigenvalue weighted by Gasteiger charge is -2.34. The Morgan fingerprint density at radius 1 is 1.32 bits per heavy atom. The second kappa shape index (κ2) is 5.51. The number of hydrogen-bond acceptors (Lipinski definition) is 3. The van der Waals surface area contributed by atoms with Crippen LogP contribution in [0.1, 0.15) is 30.9 Å². The van der Waals surface area contributed by atoms with Gasteiger partial charge in [0.05, 0.1) is 11.7 Å². The maximum atomic E-state index is 11.0. The van der Waals surface area contributed by atoms with Crippen molar-refractivity contribution in [3.05, 3.63) is 23.5 Å². The van der Waals surface area contributed by atoms with Crippen LogP contribution in [0.2, 0.25) is 0 Å². The third-order valence-corrected chi connectivity index (χ3v) is 4.44. The van der Waals surface area contributed by atoms with E-state index in [2.05, 4.69) is 41.8 Å². The van der Waals surface area contributed by atoms with Gasteiger partial charge in [0.15, 0.2) is 0 Å². The number of anilines is 1. The first-order valence-corrected chi connectivity index (χ1v) is 7.68. The summed E-state index contributed by atoms with van der Waals surface area (Å²) in [6.45, 7) is 8.91. The number of aromatic amines is 1. The highest BCUT2D eigenvalue weighted by atomic mass is 16.4. The number of rotatable bonds is 2. The number of nitrogens with one attached hydrogen (secondary N) is 1. The van der Waals surface area contributed by atoms with Gasteiger partial charge < -0.3 is 19.9 Å². The van der Waals surface area contributed by atoms with Crippen molar-refractivity contribution in [3.63, 3.8) is 0 Å². The second-order valence-electron chi connectivity index (χ2n) is 6.15. The molecule has 22 heavy (non-hydrogen) atoms. The molecule has 3 heterocycles. The maximum absolute atomic E-state index is 11.0. The zero-order valence-electron chi connectivity index (χ0n) is 13.3. The first-order valence-electron chi connectivity index (χ1n) is 7.68. The van der Waals surface area contributed by atoms with Crippen LogP contribution in [-0.4, -0.2) is 52.2 Å². The Morgan fingerprint density at radius 2 is 2.00 bits per heavy atom.